The molecule has 9 heteroatoms. The Morgan fingerprint density at radius 2 is 1.79 bits per heavy atom. The molecule has 2 fully saturated rings. The van der Waals surface area contributed by atoms with Gasteiger partial charge in [0.05, 0.1) is 32.3 Å². The van der Waals surface area contributed by atoms with Crippen molar-refractivity contribution in [3.8, 4) is 0 Å². The van der Waals surface area contributed by atoms with Crippen molar-refractivity contribution in [3.05, 3.63) is 0 Å². The van der Waals surface area contributed by atoms with Crippen LogP contribution in [0.3, 0.4) is 0 Å². The molecule has 1 aliphatic heterocycles. The quantitative estimate of drug-likeness (QED) is 0.374. The Morgan fingerprint density at radius 3 is 2.25 bits per heavy atom. The van der Waals surface area contributed by atoms with E-state index in [0.29, 0.717) is 13.2 Å². The third-order valence-electron chi connectivity index (χ3n) is 5.01. The molecule has 0 spiro atoms. The van der Waals surface area contributed by atoms with Crippen molar-refractivity contribution in [2.75, 3.05) is 34.5 Å². The highest BCUT2D eigenvalue weighted by molar-refractivity contribution is 9.10. The maximum absolute atomic E-state index is 12.5. The first-order valence-corrected chi connectivity index (χ1v) is 8.48. The van der Waals surface area contributed by atoms with Crippen LogP contribution in [0.1, 0.15) is 19.8 Å². The second kappa shape index (κ2) is 7.14. The van der Waals surface area contributed by atoms with E-state index in [-0.39, 0.29) is 12.8 Å². The van der Waals surface area contributed by atoms with Crippen LogP contribution < -0.4 is 0 Å². The Kier molecular flexibility index (Phi) is 5.96. The second-order valence-electron chi connectivity index (χ2n) is 6.34. The van der Waals surface area contributed by atoms with Gasteiger partial charge >= 0.3 is 5.97 Å². The molecule has 0 aromatic rings. The number of carbonyl (C=O) groups excluding carboxylic acids is 1. The number of ether oxygens (including phenoxy) is 5. The van der Waals surface area contributed by atoms with E-state index in [9.17, 15) is 15.0 Å². The smallest absolute Gasteiger partial charge is 0.323 e. The molecule has 4 atom stereocenters. The second-order valence-corrected chi connectivity index (χ2v) is 7.76. The summed E-state index contributed by atoms with van der Waals surface area (Å²) in [5, 5.41) is 21.9. The summed E-state index contributed by atoms with van der Waals surface area (Å²) in [6, 6.07) is 0. The first-order chi connectivity index (χ1) is 11.2. The highest BCUT2D eigenvalue weighted by atomic mass is 79.9. The average Bonchev–Trinajstić information content (AvgIpc) is 2.98. The van der Waals surface area contributed by atoms with E-state index in [2.05, 4.69) is 15.9 Å². The molecule has 140 valence electrons. The molecule has 0 bridgehead atoms. The van der Waals surface area contributed by atoms with Gasteiger partial charge in [0.15, 0.2) is 12.1 Å². The van der Waals surface area contributed by atoms with E-state index >= 15 is 0 Å². The van der Waals surface area contributed by atoms with Crippen LogP contribution in [0.15, 0.2) is 0 Å². The fraction of sp³-hybridized carbons (Fsp3) is 0.933. The zero-order valence-corrected chi connectivity index (χ0v) is 15.9. The molecule has 2 N–H and O–H groups in total. The number of alkyl halides is 1. The molecule has 0 amide bonds. The van der Waals surface area contributed by atoms with Gasteiger partial charge in [-0.2, -0.15) is 0 Å². The van der Waals surface area contributed by atoms with Crippen LogP contribution in [0.4, 0.5) is 0 Å². The topological polar surface area (TPSA) is 104 Å². The fourth-order valence-electron chi connectivity index (χ4n) is 3.69. The number of halogens is 1. The number of carbonyl (C=O) groups is 1. The zero-order chi connectivity index (χ0) is 18.2. The predicted octanol–water partition coefficient (Wildman–Crippen LogP) is 0.177. The molecule has 2 rings (SSSR count). The van der Waals surface area contributed by atoms with Gasteiger partial charge < -0.3 is 33.9 Å². The summed E-state index contributed by atoms with van der Waals surface area (Å²) in [5.74, 6) is -2.78. The van der Waals surface area contributed by atoms with Crippen molar-refractivity contribution in [1.29, 1.82) is 0 Å². The summed E-state index contributed by atoms with van der Waals surface area (Å²) in [4.78, 5) is 12.5. The molecule has 0 radical (unpaired) electrons. The van der Waals surface area contributed by atoms with Crippen molar-refractivity contribution in [2.45, 2.75) is 47.9 Å². The van der Waals surface area contributed by atoms with Gasteiger partial charge in [-0.15, -0.1) is 0 Å². The summed E-state index contributed by atoms with van der Waals surface area (Å²) in [6.07, 6.45) is -2.17. The summed E-state index contributed by atoms with van der Waals surface area (Å²) in [5.41, 5.74) is -1.61. The third kappa shape index (κ3) is 3.11. The lowest BCUT2D eigenvalue weighted by atomic mass is 9.66. The van der Waals surface area contributed by atoms with E-state index in [4.69, 9.17) is 23.7 Å². The minimum atomic E-state index is -1.61. The van der Waals surface area contributed by atoms with Crippen LogP contribution in [0.25, 0.3) is 0 Å². The van der Waals surface area contributed by atoms with Crippen LogP contribution in [0.5, 0.6) is 0 Å². The first-order valence-electron chi connectivity index (χ1n) is 7.69. The first kappa shape index (κ1) is 20.0. The average molecular weight is 413 g/mol. The lowest BCUT2D eigenvalue weighted by Gasteiger charge is -2.53. The molecule has 1 heterocycles. The lowest BCUT2D eigenvalue weighted by Crippen LogP contribution is -2.67. The van der Waals surface area contributed by atoms with Crippen LogP contribution in [0, 0.1) is 5.92 Å². The molecular weight excluding hydrogens is 388 g/mol. The van der Waals surface area contributed by atoms with Gasteiger partial charge in [0.1, 0.15) is 9.93 Å². The van der Waals surface area contributed by atoms with Crippen LogP contribution in [-0.2, 0) is 28.5 Å². The number of hydrogen-bond acceptors (Lipinski definition) is 8. The van der Waals surface area contributed by atoms with Crippen LogP contribution in [-0.4, -0.2) is 78.8 Å². The van der Waals surface area contributed by atoms with E-state index in [0.717, 1.165) is 0 Å². The maximum Gasteiger partial charge on any atom is 0.323 e. The van der Waals surface area contributed by atoms with Gasteiger partial charge in [0, 0.05) is 27.1 Å². The molecule has 24 heavy (non-hydrogen) atoms. The highest BCUT2D eigenvalue weighted by Crippen LogP contribution is 2.52. The van der Waals surface area contributed by atoms with E-state index in [1.165, 1.54) is 21.3 Å². The van der Waals surface area contributed by atoms with Gasteiger partial charge in [-0.3, -0.25) is 4.79 Å². The van der Waals surface area contributed by atoms with E-state index in [1.54, 1.807) is 6.92 Å². The molecule has 0 aromatic heterocycles. The Balaban J connectivity index is 2.44. The predicted molar refractivity (Wildman–Crippen MR) is 85.5 cm³/mol. The van der Waals surface area contributed by atoms with Gasteiger partial charge in [0.25, 0.3) is 0 Å². The Hall–Kier alpha value is -0.290. The Labute approximate surface area is 149 Å². The Morgan fingerprint density at radius 1 is 1.25 bits per heavy atom. The van der Waals surface area contributed by atoms with Crippen molar-refractivity contribution in [3.63, 3.8) is 0 Å². The number of aliphatic hydroxyl groups is 2. The normalized spacial score (nSPS) is 39.2. The summed E-state index contributed by atoms with van der Waals surface area (Å²) in [7, 11) is 4.06. The van der Waals surface area contributed by atoms with E-state index < -0.39 is 40.0 Å². The molecule has 8 nitrogen and oxygen atoms in total. The van der Waals surface area contributed by atoms with Crippen LogP contribution >= 0.6 is 15.9 Å². The minimum absolute atomic E-state index is 0.0677. The van der Waals surface area contributed by atoms with Crippen molar-refractivity contribution in [1.82, 2.24) is 0 Å². The van der Waals surface area contributed by atoms with Crippen molar-refractivity contribution < 1.29 is 38.7 Å². The summed E-state index contributed by atoms with van der Waals surface area (Å²) in [6.45, 7) is 2.25. The Bertz CT molecular complexity index is 464. The molecule has 1 saturated heterocycles. The molecule has 1 unspecified atom stereocenters. The van der Waals surface area contributed by atoms with Gasteiger partial charge in [-0.1, -0.05) is 15.9 Å². The molecule has 0 aromatic carbocycles. The van der Waals surface area contributed by atoms with Crippen molar-refractivity contribution >= 4 is 21.9 Å². The van der Waals surface area contributed by atoms with Crippen molar-refractivity contribution in [2.24, 2.45) is 5.92 Å². The molecular formula is C15H25BrO8. The zero-order valence-electron chi connectivity index (χ0n) is 14.3. The molecule has 1 aliphatic carbocycles. The van der Waals surface area contributed by atoms with Gasteiger partial charge in [-0.05, 0) is 6.92 Å². The summed E-state index contributed by atoms with van der Waals surface area (Å²) >= 11 is 3.39. The number of esters is 1. The highest BCUT2D eigenvalue weighted by Gasteiger charge is 2.66. The fourth-order valence-corrected chi connectivity index (χ4v) is 4.83. The van der Waals surface area contributed by atoms with Gasteiger partial charge in [-0.25, -0.2) is 0 Å². The molecule has 2 aliphatic rings. The lowest BCUT2D eigenvalue weighted by molar-refractivity contribution is -0.291. The number of rotatable bonds is 5. The van der Waals surface area contributed by atoms with Crippen LogP contribution in [0.2, 0.25) is 0 Å². The van der Waals surface area contributed by atoms with E-state index in [1.807, 2.05) is 0 Å². The standard InChI is InChI=1S/C15H25BrO8/c1-13(23-5-6-24-13)14(19)7-9(17)10(11(20-2)21-3)15(16,8-14)12(18)22-4/h9-11,17,19H,5-8H2,1-4H3/t9-,10-,14+,15?/m0/s1. The minimum Gasteiger partial charge on any atom is -0.468 e. The van der Waals surface area contributed by atoms with Gasteiger partial charge in [0.2, 0.25) is 0 Å². The number of hydrogen-bond donors (Lipinski definition) is 2. The molecule has 1 saturated carbocycles. The SMILES string of the molecule is COC(=O)C1(Br)C[C@@](O)(C2(C)OCCO2)C[C@H](O)[C@H]1C(OC)OC. The third-order valence-corrected chi connectivity index (χ3v) is 6.14. The summed E-state index contributed by atoms with van der Waals surface area (Å²) < 4.78 is 25.1. The largest absolute Gasteiger partial charge is 0.468 e. The number of aliphatic hydroxyl groups excluding tert-OH is 1. The monoisotopic (exact) mass is 412 g/mol. The maximum atomic E-state index is 12.5. The number of methoxy groups -OCH3 is 3.